The predicted molar refractivity (Wildman–Crippen MR) is 67.1 cm³/mol. The van der Waals surface area contributed by atoms with Crippen LogP contribution < -0.4 is 0 Å². The molecule has 1 atom stereocenters. The molecule has 0 spiro atoms. The molecule has 0 N–H and O–H groups in total. The third kappa shape index (κ3) is 2.33. The summed E-state index contributed by atoms with van der Waals surface area (Å²) in [5, 5.41) is 0. The molecule has 0 aliphatic heterocycles. The molecule has 16 heavy (non-hydrogen) atoms. The number of alkyl halides is 1. The maximum Gasteiger partial charge on any atom is 0.0931 e. The Bertz CT molecular complexity index is 259. The standard InChI is InChI=1S/C15H25F/c1-12(2)15(14-6-7-14)9-4-3-5-13(11-15)8-10-16/h11-12,14H,3-10H2,1-2H3. The quantitative estimate of drug-likeness (QED) is 0.596. The van der Waals surface area contributed by atoms with Crippen LogP contribution in [0.15, 0.2) is 11.6 Å². The van der Waals surface area contributed by atoms with Gasteiger partial charge >= 0.3 is 0 Å². The van der Waals surface area contributed by atoms with E-state index in [-0.39, 0.29) is 6.67 Å². The highest BCUT2D eigenvalue weighted by atomic mass is 19.1. The van der Waals surface area contributed by atoms with Gasteiger partial charge in [0.2, 0.25) is 0 Å². The molecule has 1 unspecified atom stereocenters. The van der Waals surface area contributed by atoms with E-state index in [1.807, 2.05) is 0 Å². The van der Waals surface area contributed by atoms with Gasteiger partial charge in [0.25, 0.3) is 0 Å². The number of halogens is 1. The van der Waals surface area contributed by atoms with Gasteiger partial charge in [-0.05, 0) is 55.8 Å². The van der Waals surface area contributed by atoms with Crippen LogP contribution in [0, 0.1) is 17.3 Å². The van der Waals surface area contributed by atoms with Crippen molar-refractivity contribution in [2.24, 2.45) is 17.3 Å². The Morgan fingerprint density at radius 3 is 2.69 bits per heavy atom. The molecule has 0 aromatic heterocycles. The van der Waals surface area contributed by atoms with E-state index in [0.29, 0.717) is 17.8 Å². The van der Waals surface area contributed by atoms with E-state index >= 15 is 0 Å². The molecule has 0 heterocycles. The van der Waals surface area contributed by atoms with Gasteiger partial charge < -0.3 is 0 Å². The van der Waals surface area contributed by atoms with Gasteiger partial charge in [-0.3, -0.25) is 4.39 Å². The van der Waals surface area contributed by atoms with Crippen molar-refractivity contribution in [1.82, 2.24) is 0 Å². The van der Waals surface area contributed by atoms with Gasteiger partial charge in [0, 0.05) is 0 Å². The summed E-state index contributed by atoms with van der Waals surface area (Å²) in [5.74, 6) is 1.62. The van der Waals surface area contributed by atoms with E-state index in [2.05, 4.69) is 19.9 Å². The van der Waals surface area contributed by atoms with Crippen molar-refractivity contribution in [3.8, 4) is 0 Å². The zero-order valence-electron chi connectivity index (χ0n) is 10.8. The molecule has 2 rings (SSSR count). The maximum absolute atomic E-state index is 12.5. The van der Waals surface area contributed by atoms with E-state index in [1.165, 1.54) is 37.7 Å². The summed E-state index contributed by atoms with van der Waals surface area (Å²) in [5.41, 5.74) is 1.82. The fourth-order valence-electron chi connectivity index (χ4n) is 3.50. The van der Waals surface area contributed by atoms with E-state index in [1.54, 1.807) is 0 Å². The zero-order valence-corrected chi connectivity index (χ0v) is 10.8. The summed E-state index contributed by atoms with van der Waals surface area (Å²) in [6.45, 7) is 4.53. The number of hydrogen-bond acceptors (Lipinski definition) is 0. The minimum absolute atomic E-state index is 0.176. The van der Waals surface area contributed by atoms with Crippen LogP contribution in [-0.2, 0) is 0 Å². The topological polar surface area (TPSA) is 0 Å². The number of allylic oxidation sites excluding steroid dienone is 2. The van der Waals surface area contributed by atoms with Crippen LogP contribution in [0.1, 0.15) is 58.8 Å². The van der Waals surface area contributed by atoms with Crippen LogP contribution in [0.3, 0.4) is 0 Å². The summed E-state index contributed by atoms with van der Waals surface area (Å²) in [7, 11) is 0. The molecule has 2 aliphatic rings. The van der Waals surface area contributed by atoms with Crippen LogP contribution in [0.4, 0.5) is 4.39 Å². The Morgan fingerprint density at radius 2 is 2.12 bits per heavy atom. The molecule has 0 aromatic rings. The highest BCUT2D eigenvalue weighted by Crippen LogP contribution is 2.55. The van der Waals surface area contributed by atoms with Crippen molar-refractivity contribution in [2.75, 3.05) is 6.67 Å². The number of hydrogen-bond donors (Lipinski definition) is 0. The number of rotatable bonds is 4. The molecule has 1 heteroatoms. The Hall–Kier alpha value is -0.330. The molecule has 0 radical (unpaired) electrons. The van der Waals surface area contributed by atoms with Crippen LogP contribution in [0.2, 0.25) is 0 Å². The van der Waals surface area contributed by atoms with Crippen LogP contribution in [0.5, 0.6) is 0 Å². The predicted octanol–water partition coefficient (Wildman–Crippen LogP) is 4.90. The van der Waals surface area contributed by atoms with Crippen LogP contribution >= 0.6 is 0 Å². The van der Waals surface area contributed by atoms with Crippen LogP contribution in [-0.4, -0.2) is 6.67 Å². The maximum atomic E-state index is 12.5. The van der Waals surface area contributed by atoms with Gasteiger partial charge in [-0.1, -0.05) is 31.9 Å². The van der Waals surface area contributed by atoms with Crippen molar-refractivity contribution in [1.29, 1.82) is 0 Å². The fraction of sp³-hybridized carbons (Fsp3) is 0.867. The summed E-state index contributed by atoms with van der Waals surface area (Å²) >= 11 is 0. The molecule has 2 aliphatic carbocycles. The van der Waals surface area contributed by atoms with Gasteiger partial charge in [-0.25, -0.2) is 0 Å². The first-order chi connectivity index (χ1) is 7.69. The summed E-state index contributed by atoms with van der Waals surface area (Å²) in [6.07, 6.45) is 11.1. The Kier molecular flexibility index (Phi) is 3.71. The van der Waals surface area contributed by atoms with Gasteiger partial charge in [-0.15, -0.1) is 0 Å². The Labute approximate surface area is 99.3 Å². The van der Waals surface area contributed by atoms with Crippen molar-refractivity contribution in [3.63, 3.8) is 0 Å². The molecule has 92 valence electrons. The first-order valence-electron chi connectivity index (χ1n) is 6.95. The van der Waals surface area contributed by atoms with E-state index in [0.717, 1.165) is 12.3 Å². The molecule has 1 fully saturated rings. The fourth-order valence-corrected chi connectivity index (χ4v) is 3.50. The first-order valence-corrected chi connectivity index (χ1v) is 6.95. The lowest BCUT2D eigenvalue weighted by molar-refractivity contribution is 0.201. The lowest BCUT2D eigenvalue weighted by Gasteiger charge is -2.35. The first kappa shape index (κ1) is 12.1. The SMILES string of the molecule is CC(C)C1(C2CC2)C=C(CCF)CCCC1. The van der Waals surface area contributed by atoms with Crippen molar-refractivity contribution < 1.29 is 4.39 Å². The average Bonchev–Trinajstić information content (AvgIpc) is 3.04. The molecular weight excluding hydrogens is 199 g/mol. The second-order valence-corrected chi connectivity index (χ2v) is 5.99. The van der Waals surface area contributed by atoms with E-state index in [9.17, 15) is 4.39 Å². The molecule has 0 nitrogen and oxygen atoms in total. The molecular formula is C15H25F. The van der Waals surface area contributed by atoms with Gasteiger partial charge in [0.1, 0.15) is 0 Å². The van der Waals surface area contributed by atoms with Gasteiger partial charge in [0.15, 0.2) is 0 Å². The molecule has 0 saturated heterocycles. The Balaban J connectivity index is 2.22. The largest absolute Gasteiger partial charge is 0.251 e. The second-order valence-electron chi connectivity index (χ2n) is 5.99. The smallest absolute Gasteiger partial charge is 0.0931 e. The summed E-state index contributed by atoms with van der Waals surface area (Å²) in [6, 6.07) is 0. The minimum atomic E-state index is -0.176. The third-order valence-electron chi connectivity index (χ3n) is 4.66. The molecule has 0 aromatic carbocycles. The van der Waals surface area contributed by atoms with E-state index < -0.39 is 0 Å². The van der Waals surface area contributed by atoms with Crippen molar-refractivity contribution >= 4 is 0 Å². The van der Waals surface area contributed by atoms with Crippen molar-refractivity contribution in [2.45, 2.75) is 58.8 Å². The highest BCUT2D eigenvalue weighted by Gasteiger charge is 2.45. The minimum Gasteiger partial charge on any atom is -0.251 e. The summed E-state index contributed by atoms with van der Waals surface area (Å²) in [4.78, 5) is 0. The second kappa shape index (κ2) is 4.89. The summed E-state index contributed by atoms with van der Waals surface area (Å²) < 4.78 is 12.5. The normalized spacial score (nSPS) is 31.4. The zero-order chi connectivity index (χ0) is 11.6. The molecule has 1 saturated carbocycles. The van der Waals surface area contributed by atoms with Crippen molar-refractivity contribution in [3.05, 3.63) is 11.6 Å². The van der Waals surface area contributed by atoms with Crippen LogP contribution in [0.25, 0.3) is 0 Å². The lowest BCUT2D eigenvalue weighted by Crippen LogP contribution is -2.27. The average molecular weight is 224 g/mol. The monoisotopic (exact) mass is 224 g/mol. The van der Waals surface area contributed by atoms with Gasteiger partial charge in [-0.2, -0.15) is 0 Å². The third-order valence-corrected chi connectivity index (χ3v) is 4.66. The highest BCUT2D eigenvalue weighted by molar-refractivity contribution is 5.17. The lowest BCUT2D eigenvalue weighted by atomic mass is 9.69. The molecule has 0 bridgehead atoms. The molecule has 0 amide bonds. The van der Waals surface area contributed by atoms with E-state index in [4.69, 9.17) is 0 Å². The Morgan fingerprint density at radius 1 is 1.38 bits per heavy atom. The van der Waals surface area contributed by atoms with Gasteiger partial charge in [0.05, 0.1) is 6.67 Å².